The van der Waals surface area contributed by atoms with Crippen LogP contribution in [0.15, 0.2) is 48.5 Å². The van der Waals surface area contributed by atoms with Gasteiger partial charge in [0.2, 0.25) is 11.8 Å². The monoisotopic (exact) mass is 377 g/mol. The number of benzene rings is 2. The maximum Gasteiger partial charge on any atom is 0.235 e. The number of carbonyl (C=O) groups excluding carboxylic acids is 2. The van der Waals surface area contributed by atoms with Gasteiger partial charge in [-0.1, -0.05) is 59.7 Å². The largest absolute Gasteiger partial charge is 0.340 e. The van der Waals surface area contributed by atoms with Gasteiger partial charge in [-0.2, -0.15) is 0 Å². The highest BCUT2D eigenvalue weighted by molar-refractivity contribution is 6.07. The fourth-order valence-electron chi connectivity index (χ4n) is 2.76. The second-order valence-electron chi connectivity index (χ2n) is 7.38. The zero-order valence-corrected chi connectivity index (χ0v) is 17.2. The number of amides is 2. The van der Waals surface area contributed by atoms with E-state index in [0.29, 0.717) is 13.1 Å². The first kappa shape index (κ1) is 21.7. The zero-order chi connectivity index (χ0) is 20.7. The van der Waals surface area contributed by atoms with E-state index in [-0.39, 0.29) is 24.9 Å². The second-order valence-corrected chi connectivity index (χ2v) is 7.38. The molecule has 0 aromatic heterocycles. The van der Waals surface area contributed by atoms with E-state index in [1.807, 2.05) is 62.4 Å². The van der Waals surface area contributed by atoms with Crippen molar-refractivity contribution >= 4 is 19.8 Å². The third kappa shape index (κ3) is 6.85. The van der Waals surface area contributed by atoms with Gasteiger partial charge < -0.3 is 14.6 Å². The summed E-state index contributed by atoms with van der Waals surface area (Å²) in [4.78, 5) is 29.3. The summed E-state index contributed by atoms with van der Waals surface area (Å²) in [6, 6.07) is 16.1. The Balaban J connectivity index is 1.79. The molecule has 2 amide bonds. The minimum atomic E-state index is -0.128. The lowest BCUT2D eigenvalue weighted by molar-refractivity contribution is -0.133. The van der Waals surface area contributed by atoms with E-state index in [0.717, 1.165) is 11.1 Å². The topological polar surface area (TPSA) is 43.9 Å². The minimum absolute atomic E-state index is 0.00747. The third-order valence-corrected chi connectivity index (χ3v) is 4.61. The Labute approximate surface area is 169 Å². The molecule has 0 aliphatic rings. The van der Waals surface area contributed by atoms with Crippen molar-refractivity contribution in [2.45, 2.75) is 26.9 Å². The third-order valence-electron chi connectivity index (χ3n) is 4.61. The van der Waals surface area contributed by atoms with E-state index >= 15 is 0 Å². The molecular formula is C22H28BN3O2. The van der Waals surface area contributed by atoms with Crippen LogP contribution >= 0.6 is 0 Å². The Morgan fingerprint density at radius 3 is 1.36 bits per heavy atom. The summed E-state index contributed by atoms with van der Waals surface area (Å²) in [5, 5.41) is 0. The highest BCUT2D eigenvalue weighted by Gasteiger charge is 2.16. The number of aryl methyl sites for hydroxylation is 2. The summed E-state index contributed by atoms with van der Waals surface area (Å²) in [6.07, 6.45) is 0. The van der Waals surface area contributed by atoms with Crippen LogP contribution in [0.1, 0.15) is 22.3 Å². The molecule has 2 aromatic rings. The van der Waals surface area contributed by atoms with Crippen molar-refractivity contribution in [3.05, 3.63) is 70.8 Å². The second kappa shape index (κ2) is 10.1. The number of hydrogen-bond acceptors (Lipinski definition) is 3. The Morgan fingerprint density at radius 1 is 0.714 bits per heavy atom. The van der Waals surface area contributed by atoms with Gasteiger partial charge in [-0.15, -0.1) is 0 Å². The van der Waals surface area contributed by atoms with Crippen LogP contribution in [0, 0.1) is 13.8 Å². The fraction of sp³-hybridized carbons (Fsp3) is 0.364. The fourth-order valence-corrected chi connectivity index (χ4v) is 2.76. The van der Waals surface area contributed by atoms with E-state index in [9.17, 15) is 9.59 Å². The molecule has 2 aromatic carbocycles. The molecule has 0 heterocycles. The number of likely N-dealkylation sites (N-methyl/N-ethyl adjacent to an activating group) is 2. The number of hydrogen-bond donors (Lipinski definition) is 0. The maximum absolute atomic E-state index is 12.4. The first-order chi connectivity index (χ1) is 13.2. The van der Waals surface area contributed by atoms with Gasteiger partial charge in [-0.05, 0) is 25.0 Å². The van der Waals surface area contributed by atoms with Crippen LogP contribution in [-0.4, -0.2) is 61.6 Å². The molecule has 0 N–H and O–H groups in total. The molecule has 0 bridgehead atoms. The van der Waals surface area contributed by atoms with Gasteiger partial charge in [0.05, 0.1) is 13.1 Å². The van der Waals surface area contributed by atoms with Crippen LogP contribution in [0.5, 0.6) is 0 Å². The van der Waals surface area contributed by atoms with Crippen LogP contribution in [-0.2, 0) is 22.7 Å². The predicted molar refractivity (Wildman–Crippen MR) is 113 cm³/mol. The quantitative estimate of drug-likeness (QED) is 0.664. The summed E-state index contributed by atoms with van der Waals surface area (Å²) < 4.78 is 0. The van der Waals surface area contributed by atoms with Crippen molar-refractivity contribution in [3.8, 4) is 0 Å². The molecule has 0 spiro atoms. The molecule has 0 aliphatic carbocycles. The average Bonchev–Trinajstić information content (AvgIpc) is 2.65. The van der Waals surface area contributed by atoms with Gasteiger partial charge in [-0.25, -0.2) is 0 Å². The van der Waals surface area contributed by atoms with Crippen LogP contribution in [0.25, 0.3) is 0 Å². The van der Waals surface area contributed by atoms with E-state index in [1.54, 1.807) is 23.9 Å². The molecule has 146 valence electrons. The lowest BCUT2D eigenvalue weighted by Crippen LogP contribution is -2.42. The lowest BCUT2D eigenvalue weighted by Gasteiger charge is -2.24. The van der Waals surface area contributed by atoms with Gasteiger partial charge in [0, 0.05) is 27.2 Å². The molecular weight excluding hydrogens is 349 g/mol. The van der Waals surface area contributed by atoms with Gasteiger partial charge >= 0.3 is 0 Å². The van der Waals surface area contributed by atoms with Crippen molar-refractivity contribution in [3.63, 3.8) is 0 Å². The molecule has 2 radical (unpaired) electrons. The molecule has 6 heteroatoms. The summed E-state index contributed by atoms with van der Waals surface area (Å²) >= 11 is 0. The molecule has 28 heavy (non-hydrogen) atoms. The average molecular weight is 377 g/mol. The Hall–Kier alpha value is -2.60. The predicted octanol–water partition coefficient (Wildman–Crippen LogP) is 2.31. The molecule has 0 atom stereocenters. The highest BCUT2D eigenvalue weighted by Crippen LogP contribution is 2.08. The van der Waals surface area contributed by atoms with Crippen LogP contribution in [0.3, 0.4) is 0 Å². The minimum Gasteiger partial charge on any atom is -0.340 e. The Bertz CT molecular complexity index is 723. The van der Waals surface area contributed by atoms with E-state index < -0.39 is 0 Å². The number of nitrogens with zero attached hydrogens (tertiary/aromatic N) is 3. The van der Waals surface area contributed by atoms with E-state index in [4.69, 9.17) is 7.98 Å². The van der Waals surface area contributed by atoms with Gasteiger partial charge in [-0.3, -0.25) is 9.59 Å². The van der Waals surface area contributed by atoms with Gasteiger partial charge in [0.25, 0.3) is 0 Å². The van der Waals surface area contributed by atoms with Crippen molar-refractivity contribution in [2.24, 2.45) is 0 Å². The van der Waals surface area contributed by atoms with Crippen LogP contribution < -0.4 is 0 Å². The van der Waals surface area contributed by atoms with Crippen LogP contribution in [0.2, 0.25) is 0 Å². The number of rotatable bonds is 8. The molecule has 0 aliphatic heterocycles. The number of carbonyl (C=O) groups is 2. The first-order valence-corrected chi connectivity index (χ1v) is 9.33. The first-order valence-electron chi connectivity index (χ1n) is 9.33. The van der Waals surface area contributed by atoms with Crippen molar-refractivity contribution < 1.29 is 9.59 Å². The normalized spacial score (nSPS) is 10.8. The molecule has 0 fully saturated rings. The van der Waals surface area contributed by atoms with Crippen molar-refractivity contribution in [1.29, 1.82) is 0 Å². The summed E-state index contributed by atoms with van der Waals surface area (Å²) in [5.41, 5.74) is 4.47. The molecule has 0 saturated carbocycles. The van der Waals surface area contributed by atoms with Crippen molar-refractivity contribution in [1.82, 2.24) is 14.6 Å². The Morgan fingerprint density at radius 2 is 1.04 bits per heavy atom. The lowest BCUT2D eigenvalue weighted by atomic mass is 10.1. The molecule has 0 unspecified atom stereocenters. The summed E-state index contributed by atoms with van der Waals surface area (Å²) in [5.74, 6) is -0.255. The van der Waals surface area contributed by atoms with E-state index in [1.165, 1.54) is 15.9 Å². The molecule has 2 rings (SSSR count). The SMILES string of the molecule is [B]N(CC(=O)N(C)Cc1ccc(C)cc1)CC(=O)N(C)Cc1ccc(C)cc1. The Kier molecular flexibility index (Phi) is 7.82. The standard InChI is InChI=1S/C22H28BN3O2/c1-17-5-9-19(10-6-17)13-24(3)21(27)15-26(23)16-22(28)25(4)14-20-11-7-18(2)8-12-20/h5-12H,13-16H2,1-4H3. The maximum atomic E-state index is 12.4. The molecule has 0 saturated heterocycles. The zero-order valence-electron chi connectivity index (χ0n) is 17.2. The smallest absolute Gasteiger partial charge is 0.235 e. The van der Waals surface area contributed by atoms with Gasteiger partial charge in [0.1, 0.15) is 0 Å². The van der Waals surface area contributed by atoms with Gasteiger partial charge in [0.15, 0.2) is 7.98 Å². The highest BCUT2D eigenvalue weighted by atomic mass is 16.2. The summed E-state index contributed by atoms with van der Waals surface area (Å²) in [7, 11) is 9.39. The van der Waals surface area contributed by atoms with Crippen molar-refractivity contribution in [2.75, 3.05) is 27.2 Å². The van der Waals surface area contributed by atoms with Crippen LogP contribution in [0.4, 0.5) is 0 Å². The summed E-state index contributed by atoms with van der Waals surface area (Å²) in [6.45, 7) is 5.05. The molecule has 5 nitrogen and oxygen atoms in total. The van der Waals surface area contributed by atoms with E-state index in [2.05, 4.69) is 0 Å².